The van der Waals surface area contributed by atoms with Gasteiger partial charge in [-0.1, -0.05) is 11.6 Å². The van der Waals surface area contributed by atoms with Gasteiger partial charge in [0.25, 0.3) is 0 Å². The van der Waals surface area contributed by atoms with E-state index in [0.717, 1.165) is 24.3 Å². The van der Waals surface area contributed by atoms with Gasteiger partial charge in [0.1, 0.15) is 5.75 Å². The maximum atomic E-state index is 12.9. The minimum Gasteiger partial charge on any atom is -0.506 e. The molecule has 0 fully saturated rings. The van der Waals surface area contributed by atoms with Crippen LogP contribution in [0.3, 0.4) is 0 Å². The van der Waals surface area contributed by atoms with Crippen molar-refractivity contribution in [3.05, 3.63) is 28.8 Å². The molecular formula is C8H4ClF2NO2. The fourth-order valence-electron chi connectivity index (χ4n) is 0.816. The molecule has 0 aliphatic heterocycles. The van der Waals surface area contributed by atoms with Crippen molar-refractivity contribution in [2.24, 2.45) is 4.99 Å². The molecule has 0 atom stereocenters. The Morgan fingerprint density at radius 1 is 1.50 bits per heavy atom. The van der Waals surface area contributed by atoms with Gasteiger partial charge in [-0.3, -0.25) is 0 Å². The van der Waals surface area contributed by atoms with Crippen molar-refractivity contribution in [2.45, 2.75) is 6.05 Å². The molecule has 0 radical (unpaired) electrons. The Hall–Kier alpha value is -1.45. The summed E-state index contributed by atoms with van der Waals surface area (Å²) in [5, 5.41) is 8.72. The third kappa shape index (κ3) is 2.07. The van der Waals surface area contributed by atoms with Crippen LogP contribution < -0.4 is 0 Å². The number of hydrogen-bond donors (Lipinski definition) is 1. The molecule has 0 unspecified atom stereocenters. The van der Waals surface area contributed by atoms with Crippen LogP contribution in [0, 0.1) is 0 Å². The summed E-state index contributed by atoms with van der Waals surface area (Å²) in [5.41, 5.74) is -0.580. The average molecular weight is 220 g/mol. The van der Waals surface area contributed by atoms with E-state index in [-0.39, 0.29) is 10.8 Å². The van der Waals surface area contributed by atoms with Crippen molar-refractivity contribution >= 4 is 17.7 Å². The van der Waals surface area contributed by atoms with E-state index in [4.69, 9.17) is 16.7 Å². The molecule has 0 aromatic heterocycles. The number of hydrogen-bond acceptors (Lipinski definition) is 3. The molecule has 0 spiro atoms. The first-order valence-corrected chi connectivity index (χ1v) is 3.81. The molecule has 0 bridgehead atoms. The van der Waals surface area contributed by atoms with Crippen LogP contribution in [-0.4, -0.2) is 11.2 Å². The molecule has 14 heavy (non-hydrogen) atoms. The number of aliphatic imine (C=N–C) groups is 1. The summed E-state index contributed by atoms with van der Waals surface area (Å²) >= 11 is 5.40. The highest BCUT2D eigenvalue weighted by molar-refractivity contribution is 6.32. The zero-order valence-corrected chi connectivity index (χ0v) is 7.42. The Labute approximate surface area is 82.6 Å². The number of alkyl halides is 2. The van der Waals surface area contributed by atoms with E-state index < -0.39 is 11.6 Å². The highest BCUT2D eigenvalue weighted by atomic mass is 35.5. The van der Waals surface area contributed by atoms with E-state index in [1.54, 1.807) is 0 Å². The molecule has 0 aliphatic carbocycles. The van der Waals surface area contributed by atoms with Gasteiger partial charge in [-0.15, -0.1) is 4.99 Å². The zero-order chi connectivity index (χ0) is 10.8. The van der Waals surface area contributed by atoms with Gasteiger partial charge in [0.15, 0.2) is 0 Å². The number of phenolic OH excluding ortho intramolecular Hbond substituents is 1. The number of nitrogens with zero attached hydrogens (tertiary/aromatic N) is 1. The summed E-state index contributed by atoms with van der Waals surface area (Å²) in [6.07, 6.45) is 0.760. The van der Waals surface area contributed by atoms with Gasteiger partial charge < -0.3 is 5.11 Å². The number of halogens is 3. The highest BCUT2D eigenvalue weighted by Gasteiger charge is 2.31. The lowest BCUT2D eigenvalue weighted by atomic mass is 10.2. The van der Waals surface area contributed by atoms with Gasteiger partial charge in [-0.25, -0.2) is 4.79 Å². The number of rotatable bonds is 2. The number of isocyanates is 1. The smallest absolute Gasteiger partial charge is 0.379 e. The minimum absolute atomic E-state index is 0.233. The van der Waals surface area contributed by atoms with Crippen molar-refractivity contribution in [2.75, 3.05) is 0 Å². The number of aromatic hydroxyl groups is 1. The molecule has 0 saturated carbocycles. The normalized spacial score (nSPS) is 10.8. The summed E-state index contributed by atoms with van der Waals surface area (Å²) in [4.78, 5) is 12.0. The molecule has 0 aliphatic rings. The fourth-order valence-corrected chi connectivity index (χ4v) is 0.996. The highest BCUT2D eigenvalue weighted by Crippen LogP contribution is 2.33. The van der Waals surface area contributed by atoms with Gasteiger partial charge in [0.2, 0.25) is 6.08 Å². The molecule has 6 heteroatoms. The van der Waals surface area contributed by atoms with Crippen LogP contribution in [-0.2, 0) is 10.8 Å². The van der Waals surface area contributed by atoms with Crippen molar-refractivity contribution in [1.29, 1.82) is 0 Å². The first kappa shape index (κ1) is 10.6. The first-order chi connectivity index (χ1) is 6.47. The van der Waals surface area contributed by atoms with Gasteiger partial charge in [-0.05, 0) is 18.2 Å². The largest absolute Gasteiger partial charge is 0.506 e. The second-order valence-corrected chi connectivity index (χ2v) is 2.82. The summed E-state index contributed by atoms with van der Waals surface area (Å²) in [7, 11) is 0. The van der Waals surface area contributed by atoms with Crippen LogP contribution >= 0.6 is 11.6 Å². The molecule has 74 valence electrons. The van der Waals surface area contributed by atoms with Crippen LogP contribution in [0.1, 0.15) is 5.56 Å². The van der Waals surface area contributed by atoms with E-state index in [0.29, 0.717) is 0 Å². The molecule has 1 aromatic rings. The summed E-state index contributed by atoms with van der Waals surface area (Å²) in [5.74, 6) is -0.318. The summed E-state index contributed by atoms with van der Waals surface area (Å²) < 4.78 is 25.8. The molecule has 3 nitrogen and oxygen atoms in total. The molecule has 0 amide bonds. The summed E-state index contributed by atoms with van der Waals surface area (Å²) in [6, 6.07) is -0.926. The standard InChI is InChI=1S/C8H4ClF2NO2/c9-6-3-5(1-2-7(6)14)8(10,11)12-4-13/h1-3,14H. The zero-order valence-electron chi connectivity index (χ0n) is 6.67. The van der Waals surface area contributed by atoms with Gasteiger partial charge in [0, 0.05) is 5.56 Å². The Kier molecular flexibility index (Phi) is 2.84. The van der Waals surface area contributed by atoms with Crippen LogP contribution in [0.25, 0.3) is 0 Å². The molecule has 0 heterocycles. The first-order valence-electron chi connectivity index (χ1n) is 3.43. The SMILES string of the molecule is O=C=NC(F)(F)c1ccc(O)c(Cl)c1. The van der Waals surface area contributed by atoms with E-state index >= 15 is 0 Å². The van der Waals surface area contributed by atoms with Gasteiger partial charge >= 0.3 is 6.05 Å². The van der Waals surface area contributed by atoms with Crippen molar-refractivity contribution in [3.8, 4) is 5.75 Å². The summed E-state index contributed by atoms with van der Waals surface area (Å²) in [6.45, 7) is 0. The van der Waals surface area contributed by atoms with E-state index in [2.05, 4.69) is 4.99 Å². The lowest BCUT2D eigenvalue weighted by Crippen LogP contribution is -2.08. The lowest BCUT2D eigenvalue weighted by molar-refractivity contribution is 0.00615. The number of phenols is 1. The monoisotopic (exact) mass is 219 g/mol. The van der Waals surface area contributed by atoms with Gasteiger partial charge in [-0.2, -0.15) is 8.78 Å². The number of carbonyl (C=O) groups excluding carboxylic acids is 1. The van der Waals surface area contributed by atoms with Crippen molar-refractivity contribution in [1.82, 2.24) is 0 Å². The van der Waals surface area contributed by atoms with Crippen LogP contribution in [0.15, 0.2) is 23.2 Å². The second-order valence-electron chi connectivity index (χ2n) is 2.41. The van der Waals surface area contributed by atoms with Crippen LogP contribution in [0.4, 0.5) is 8.78 Å². The van der Waals surface area contributed by atoms with Crippen molar-refractivity contribution in [3.63, 3.8) is 0 Å². The van der Waals surface area contributed by atoms with E-state index in [1.165, 1.54) is 0 Å². The quantitative estimate of drug-likeness (QED) is 0.472. The molecule has 1 aromatic carbocycles. The van der Waals surface area contributed by atoms with Crippen LogP contribution in [0.5, 0.6) is 5.75 Å². The second kappa shape index (κ2) is 3.74. The molecule has 1 N–H and O–H groups in total. The van der Waals surface area contributed by atoms with Gasteiger partial charge in [0.05, 0.1) is 5.02 Å². The molecular weight excluding hydrogens is 216 g/mol. The molecule has 1 rings (SSSR count). The fraction of sp³-hybridized carbons (Fsp3) is 0.125. The molecule has 0 saturated heterocycles. The average Bonchev–Trinajstić information content (AvgIpc) is 2.09. The van der Waals surface area contributed by atoms with E-state index in [1.807, 2.05) is 0 Å². The minimum atomic E-state index is -3.67. The predicted molar refractivity (Wildman–Crippen MR) is 45.1 cm³/mol. The third-order valence-electron chi connectivity index (χ3n) is 1.48. The Balaban J connectivity index is 3.20. The van der Waals surface area contributed by atoms with Crippen LogP contribution in [0.2, 0.25) is 5.02 Å². The Morgan fingerprint density at radius 2 is 2.14 bits per heavy atom. The van der Waals surface area contributed by atoms with E-state index in [9.17, 15) is 13.6 Å². The Bertz CT molecular complexity index is 402. The number of benzene rings is 1. The predicted octanol–water partition coefficient (Wildman–Crippen LogP) is 2.43. The topological polar surface area (TPSA) is 49.7 Å². The lowest BCUT2D eigenvalue weighted by Gasteiger charge is -2.09. The Morgan fingerprint density at radius 3 is 2.64 bits per heavy atom. The third-order valence-corrected chi connectivity index (χ3v) is 1.78. The van der Waals surface area contributed by atoms with Crippen molar-refractivity contribution < 1.29 is 18.7 Å². The maximum absolute atomic E-state index is 12.9. The maximum Gasteiger partial charge on any atom is 0.379 e.